The molecule has 3 aromatic heterocycles. The number of rotatable bonds is 4. The van der Waals surface area contributed by atoms with E-state index in [1.165, 1.54) is 0 Å². The van der Waals surface area contributed by atoms with Crippen LogP contribution in [0.3, 0.4) is 0 Å². The molecule has 1 N–H and O–H groups in total. The van der Waals surface area contributed by atoms with Gasteiger partial charge in [-0.1, -0.05) is 0 Å². The Bertz CT molecular complexity index is 1110. The predicted molar refractivity (Wildman–Crippen MR) is 109 cm³/mol. The molecule has 0 atom stereocenters. The van der Waals surface area contributed by atoms with E-state index >= 15 is 0 Å². The summed E-state index contributed by atoms with van der Waals surface area (Å²) in [7, 11) is 0. The number of hydrogen-bond acceptors (Lipinski definition) is 5. The van der Waals surface area contributed by atoms with Crippen molar-refractivity contribution in [2.75, 3.05) is 32.7 Å². The van der Waals surface area contributed by atoms with Gasteiger partial charge in [-0.2, -0.15) is 5.10 Å². The van der Waals surface area contributed by atoms with Gasteiger partial charge in [0, 0.05) is 56.6 Å². The summed E-state index contributed by atoms with van der Waals surface area (Å²) in [5.41, 5.74) is 3.60. The maximum atomic E-state index is 12.9. The highest BCUT2D eigenvalue weighted by Crippen LogP contribution is 2.19. The first-order valence-corrected chi connectivity index (χ1v) is 10.2. The summed E-state index contributed by atoms with van der Waals surface area (Å²) in [5.74, 6) is 0.0420. The highest BCUT2D eigenvalue weighted by Gasteiger charge is 2.24. The number of aromatic amines is 1. The zero-order valence-electron chi connectivity index (χ0n) is 16.3. The van der Waals surface area contributed by atoms with E-state index in [2.05, 4.69) is 20.0 Å². The molecule has 0 unspecified atom stereocenters. The minimum absolute atomic E-state index is 0.00703. The highest BCUT2D eigenvalue weighted by atomic mass is 16.2. The number of nitrogens with one attached hydrogen (secondary N) is 1. The van der Waals surface area contributed by atoms with Gasteiger partial charge >= 0.3 is 0 Å². The van der Waals surface area contributed by atoms with E-state index in [9.17, 15) is 9.59 Å². The third-order valence-electron chi connectivity index (χ3n) is 5.99. The molecule has 3 aromatic rings. The van der Waals surface area contributed by atoms with Crippen LogP contribution in [0.4, 0.5) is 0 Å². The number of amides is 1. The fraction of sp³-hybridized carbons (Fsp3) is 0.429. The Morgan fingerprint density at radius 2 is 2.00 bits per heavy atom. The smallest absolute Gasteiger partial charge is 0.267 e. The fourth-order valence-corrected chi connectivity index (χ4v) is 4.31. The Morgan fingerprint density at radius 1 is 1.14 bits per heavy atom. The molecule has 1 saturated heterocycles. The molecule has 8 heteroatoms. The van der Waals surface area contributed by atoms with Gasteiger partial charge in [0.2, 0.25) is 0 Å². The van der Waals surface area contributed by atoms with Crippen molar-refractivity contribution in [3.63, 3.8) is 0 Å². The van der Waals surface area contributed by atoms with Crippen molar-refractivity contribution in [3.05, 3.63) is 57.8 Å². The number of hydrogen-bond donors (Lipinski definition) is 1. The molecule has 1 amide bonds. The molecule has 4 heterocycles. The molecule has 1 aliphatic carbocycles. The van der Waals surface area contributed by atoms with Crippen LogP contribution in [0.15, 0.2) is 35.4 Å². The van der Waals surface area contributed by atoms with Crippen molar-refractivity contribution in [1.82, 2.24) is 29.5 Å². The zero-order valence-corrected chi connectivity index (χ0v) is 16.3. The number of aryl methyl sites for hydroxylation is 2. The SMILES string of the molecule is O=C(c1c[nH]c2ncccc12)N1CCN(CCn2nc3c(cc2=O)CCC3)CC1. The normalized spacial score (nSPS) is 17.0. The molecule has 5 rings (SSSR count). The van der Waals surface area contributed by atoms with Crippen molar-refractivity contribution in [2.45, 2.75) is 25.8 Å². The minimum Gasteiger partial charge on any atom is -0.345 e. The number of fused-ring (bicyclic) bond motifs is 2. The van der Waals surface area contributed by atoms with Crippen molar-refractivity contribution in [3.8, 4) is 0 Å². The van der Waals surface area contributed by atoms with Gasteiger partial charge in [-0.25, -0.2) is 9.67 Å². The van der Waals surface area contributed by atoms with Crippen LogP contribution in [0, 0.1) is 0 Å². The lowest BCUT2D eigenvalue weighted by Gasteiger charge is -2.34. The quantitative estimate of drug-likeness (QED) is 0.718. The molecule has 0 aromatic carbocycles. The van der Waals surface area contributed by atoms with Crippen LogP contribution in [0.2, 0.25) is 0 Å². The number of nitrogens with zero attached hydrogens (tertiary/aromatic N) is 5. The lowest BCUT2D eigenvalue weighted by atomic mass is 10.2. The van der Waals surface area contributed by atoms with Gasteiger partial charge in [0.25, 0.3) is 11.5 Å². The van der Waals surface area contributed by atoms with Crippen molar-refractivity contribution < 1.29 is 4.79 Å². The second-order valence-corrected chi connectivity index (χ2v) is 7.77. The monoisotopic (exact) mass is 392 g/mol. The highest BCUT2D eigenvalue weighted by molar-refractivity contribution is 6.05. The Balaban J connectivity index is 1.19. The first kappa shape index (κ1) is 18.1. The predicted octanol–water partition coefficient (Wildman–Crippen LogP) is 1.07. The molecule has 29 heavy (non-hydrogen) atoms. The number of carbonyl (C=O) groups is 1. The van der Waals surface area contributed by atoms with Gasteiger partial charge in [-0.15, -0.1) is 0 Å². The Morgan fingerprint density at radius 3 is 2.86 bits per heavy atom. The van der Waals surface area contributed by atoms with Crippen LogP contribution in [0.1, 0.15) is 28.0 Å². The molecule has 0 saturated carbocycles. The summed E-state index contributed by atoms with van der Waals surface area (Å²) in [5, 5.41) is 5.41. The first-order chi connectivity index (χ1) is 14.2. The molecule has 2 aliphatic rings. The molecule has 1 aliphatic heterocycles. The van der Waals surface area contributed by atoms with Gasteiger partial charge < -0.3 is 9.88 Å². The first-order valence-electron chi connectivity index (χ1n) is 10.2. The Hall–Kier alpha value is -3.00. The summed E-state index contributed by atoms with van der Waals surface area (Å²) < 4.78 is 1.60. The maximum absolute atomic E-state index is 12.9. The van der Waals surface area contributed by atoms with Crippen molar-refractivity contribution in [1.29, 1.82) is 0 Å². The molecule has 0 bridgehead atoms. The van der Waals surface area contributed by atoms with E-state index in [4.69, 9.17) is 0 Å². The summed E-state index contributed by atoms with van der Waals surface area (Å²) in [4.78, 5) is 36.7. The molecular weight excluding hydrogens is 368 g/mol. The zero-order chi connectivity index (χ0) is 19.8. The van der Waals surface area contributed by atoms with Crippen molar-refractivity contribution >= 4 is 16.9 Å². The summed E-state index contributed by atoms with van der Waals surface area (Å²) in [6.07, 6.45) is 6.50. The fourth-order valence-electron chi connectivity index (χ4n) is 4.31. The number of pyridine rings is 1. The standard InChI is InChI=1S/C21H24N6O2/c28-19-13-15-3-1-5-18(15)24-27(19)12-9-25-7-10-26(11-8-25)21(29)17-14-23-20-16(17)4-2-6-22-20/h2,4,6,13-14H,1,3,5,7-12H2,(H,22,23). The largest absolute Gasteiger partial charge is 0.345 e. The van der Waals surface area contributed by atoms with E-state index in [0.29, 0.717) is 25.2 Å². The van der Waals surface area contributed by atoms with E-state index in [1.54, 1.807) is 23.1 Å². The minimum atomic E-state index is -0.00703. The van der Waals surface area contributed by atoms with Gasteiger partial charge in [0.05, 0.1) is 17.8 Å². The number of aromatic nitrogens is 4. The van der Waals surface area contributed by atoms with Crippen molar-refractivity contribution in [2.24, 2.45) is 0 Å². The summed E-state index contributed by atoms with van der Waals surface area (Å²) in [6, 6.07) is 5.52. The topological polar surface area (TPSA) is 87.1 Å². The van der Waals surface area contributed by atoms with E-state index in [1.807, 2.05) is 17.0 Å². The van der Waals surface area contributed by atoms with Gasteiger partial charge in [0.15, 0.2) is 0 Å². The van der Waals surface area contributed by atoms with Crippen LogP contribution in [0.5, 0.6) is 0 Å². The molecule has 8 nitrogen and oxygen atoms in total. The average molecular weight is 392 g/mol. The van der Waals surface area contributed by atoms with Crippen LogP contribution in [-0.2, 0) is 19.4 Å². The van der Waals surface area contributed by atoms with Gasteiger partial charge in [0.1, 0.15) is 5.65 Å². The van der Waals surface area contributed by atoms with Crippen LogP contribution < -0.4 is 5.56 Å². The Kier molecular flexibility index (Phi) is 4.63. The molecule has 0 radical (unpaired) electrons. The van der Waals surface area contributed by atoms with E-state index in [-0.39, 0.29) is 11.5 Å². The third kappa shape index (κ3) is 3.44. The van der Waals surface area contributed by atoms with E-state index in [0.717, 1.165) is 61.2 Å². The third-order valence-corrected chi connectivity index (χ3v) is 5.99. The number of H-pyrrole nitrogens is 1. The second-order valence-electron chi connectivity index (χ2n) is 7.77. The lowest BCUT2D eigenvalue weighted by Crippen LogP contribution is -2.49. The molecular formula is C21H24N6O2. The summed E-state index contributed by atoms with van der Waals surface area (Å²) >= 11 is 0. The van der Waals surface area contributed by atoms with Gasteiger partial charge in [-0.05, 0) is 37.0 Å². The van der Waals surface area contributed by atoms with Crippen LogP contribution in [0.25, 0.3) is 11.0 Å². The van der Waals surface area contributed by atoms with Crippen LogP contribution >= 0.6 is 0 Å². The second kappa shape index (κ2) is 7.44. The maximum Gasteiger partial charge on any atom is 0.267 e. The number of carbonyl (C=O) groups excluding carboxylic acids is 1. The average Bonchev–Trinajstić information content (AvgIpc) is 3.38. The lowest BCUT2D eigenvalue weighted by molar-refractivity contribution is 0.0633. The van der Waals surface area contributed by atoms with Gasteiger partial charge in [-0.3, -0.25) is 14.5 Å². The summed E-state index contributed by atoms with van der Waals surface area (Å²) in [6.45, 7) is 4.31. The molecule has 0 spiro atoms. The molecule has 1 fully saturated rings. The number of piperazine rings is 1. The van der Waals surface area contributed by atoms with E-state index < -0.39 is 0 Å². The van der Waals surface area contributed by atoms with Crippen LogP contribution in [-0.4, -0.2) is 68.2 Å². The molecule has 150 valence electrons. The Labute approximate surface area is 168 Å².